The van der Waals surface area contributed by atoms with Gasteiger partial charge in [-0.1, -0.05) is 13.8 Å². The molecule has 0 aliphatic carbocycles. The van der Waals surface area contributed by atoms with Crippen LogP contribution < -0.4 is 10.0 Å². The van der Waals surface area contributed by atoms with Gasteiger partial charge in [-0.2, -0.15) is 4.72 Å². The van der Waals surface area contributed by atoms with Crippen molar-refractivity contribution in [2.45, 2.75) is 44.2 Å². The summed E-state index contributed by atoms with van der Waals surface area (Å²) in [6.07, 6.45) is -0.454. The summed E-state index contributed by atoms with van der Waals surface area (Å²) in [5, 5.41) is 13.1. The van der Waals surface area contributed by atoms with Crippen molar-refractivity contribution in [3.05, 3.63) is 34.4 Å². The van der Waals surface area contributed by atoms with E-state index in [1.54, 1.807) is 13.8 Å². The number of sulfonamides is 1. The number of nitro benzene ring substituents is 1. The lowest BCUT2D eigenvalue weighted by Crippen LogP contribution is -2.53. The molecule has 0 unspecified atom stereocenters. The Morgan fingerprint density at radius 3 is 2.14 bits per heavy atom. The Bertz CT molecular complexity index is 880. The molecule has 2 atom stereocenters. The maximum absolute atomic E-state index is 12.6. The van der Waals surface area contributed by atoms with Gasteiger partial charge in [0.2, 0.25) is 15.9 Å². The van der Waals surface area contributed by atoms with E-state index in [4.69, 9.17) is 0 Å². The summed E-state index contributed by atoms with van der Waals surface area (Å²) in [5.41, 5.74) is -0.306. The first-order chi connectivity index (χ1) is 13.4. The fourth-order valence-corrected chi connectivity index (χ4v) is 3.55. The number of carbonyl (C=O) groups is 3. The molecule has 0 aliphatic rings. The predicted octanol–water partition coefficient (Wildman–Crippen LogP) is 0.535. The molecule has 0 fully saturated rings. The summed E-state index contributed by atoms with van der Waals surface area (Å²) < 4.78 is 31.8. The molecule has 0 heterocycles. The molecule has 0 spiro atoms. The van der Waals surface area contributed by atoms with Crippen LogP contribution in [-0.2, 0) is 29.1 Å². The van der Waals surface area contributed by atoms with Gasteiger partial charge in [0.1, 0.15) is 17.9 Å². The predicted molar refractivity (Wildman–Crippen MR) is 101 cm³/mol. The molecule has 0 saturated heterocycles. The molecule has 0 aromatic heterocycles. The van der Waals surface area contributed by atoms with Crippen molar-refractivity contribution < 1.29 is 32.5 Å². The number of ketones is 1. The number of non-ortho nitro benzene ring substituents is 1. The zero-order chi connectivity index (χ0) is 22.4. The van der Waals surface area contributed by atoms with Gasteiger partial charge in [-0.25, -0.2) is 13.2 Å². The molecule has 1 amide bonds. The van der Waals surface area contributed by atoms with Crippen LogP contribution in [-0.4, -0.2) is 50.2 Å². The number of carbonyl (C=O) groups excluding carboxylic acids is 3. The first-order valence-electron chi connectivity index (χ1n) is 8.53. The SMILES string of the molecule is COC(=O)[C@@H](NC(=O)[C@H](CC(C)=O)NS(=O)(=O)c1ccc([N+](=O)[O-])cc1)C(C)C. The van der Waals surface area contributed by atoms with E-state index in [-0.39, 0.29) is 16.5 Å². The molecule has 1 aromatic rings. The van der Waals surface area contributed by atoms with Crippen molar-refractivity contribution in [1.82, 2.24) is 10.0 Å². The Balaban J connectivity index is 3.10. The van der Waals surface area contributed by atoms with Gasteiger partial charge >= 0.3 is 5.97 Å². The van der Waals surface area contributed by atoms with Gasteiger partial charge in [-0.15, -0.1) is 0 Å². The summed E-state index contributed by atoms with van der Waals surface area (Å²) in [6.45, 7) is 4.49. The second-order valence-corrected chi connectivity index (χ2v) is 8.30. The minimum absolute atomic E-state index is 0.306. The van der Waals surface area contributed by atoms with Crippen LogP contribution in [0.15, 0.2) is 29.2 Å². The lowest BCUT2D eigenvalue weighted by molar-refractivity contribution is -0.384. The topological polar surface area (TPSA) is 162 Å². The maximum atomic E-state index is 12.6. The van der Waals surface area contributed by atoms with Crippen LogP contribution in [0.1, 0.15) is 27.2 Å². The van der Waals surface area contributed by atoms with E-state index in [0.29, 0.717) is 0 Å². The fourth-order valence-electron chi connectivity index (χ4n) is 2.36. The van der Waals surface area contributed by atoms with Crippen LogP contribution >= 0.6 is 0 Å². The quantitative estimate of drug-likeness (QED) is 0.309. The molecule has 1 rings (SSSR count). The summed E-state index contributed by atoms with van der Waals surface area (Å²) in [4.78, 5) is 45.6. The highest BCUT2D eigenvalue weighted by Crippen LogP contribution is 2.16. The molecule has 2 N–H and O–H groups in total. The highest BCUT2D eigenvalue weighted by atomic mass is 32.2. The average molecular weight is 429 g/mol. The van der Waals surface area contributed by atoms with Crippen LogP contribution in [0.4, 0.5) is 5.69 Å². The number of amides is 1. The van der Waals surface area contributed by atoms with Crippen molar-refractivity contribution >= 4 is 33.4 Å². The molecule has 0 aliphatic heterocycles. The highest BCUT2D eigenvalue weighted by Gasteiger charge is 2.32. The van der Waals surface area contributed by atoms with E-state index < -0.39 is 51.1 Å². The van der Waals surface area contributed by atoms with E-state index in [0.717, 1.165) is 31.4 Å². The number of esters is 1. The molecule has 12 heteroatoms. The summed E-state index contributed by atoms with van der Waals surface area (Å²) in [6, 6.07) is 1.49. The number of hydrogen-bond donors (Lipinski definition) is 2. The smallest absolute Gasteiger partial charge is 0.328 e. The zero-order valence-electron chi connectivity index (χ0n) is 16.4. The number of hydrogen-bond acceptors (Lipinski definition) is 8. The van der Waals surface area contributed by atoms with Gasteiger partial charge in [0, 0.05) is 18.6 Å². The van der Waals surface area contributed by atoms with E-state index in [2.05, 4.69) is 14.8 Å². The van der Waals surface area contributed by atoms with Crippen LogP contribution in [0.25, 0.3) is 0 Å². The van der Waals surface area contributed by atoms with E-state index in [1.807, 2.05) is 0 Å². The number of benzene rings is 1. The van der Waals surface area contributed by atoms with Crippen molar-refractivity contribution in [3.8, 4) is 0 Å². The van der Waals surface area contributed by atoms with Crippen LogP contribution in [0, 0.1) is 16.0 Å². The zero-order valence-corrected chi connectivity index (χ0v) is 17.2. The highest BCUT2D eigenvalue weighted by molar-refractivity contribution is 7.89. The number of nitrogens with zero attached hydrogens (tertiary/aromatic N) is 1. The van der Waals surface area contributed by atoms with Crippen molar-refractivity contribution in [2.75, 3.05) is 7.11 Å². The maximum Gasteiger partial charge on any atom is 0.328 e. The number of methoxy groups -OCH3 is 1. The number of ether oxygens (including phenoxy) is 1. The van der Waals surface area contributed by atoms with Gasteiger partial charge in [0.05, 0.1) is 16.9 Å². The lowest BCUT2D eigenvalue weighted by atomic mass is 10.0. The van der Waals surface area contributed by atoms with Gasteiger partial charge in [-0.3, -0.25) is 19.7 Å². The number of nitro groups is 1. The van der Waals surface area contributed by atoms with Crippen LogP contribution in [0.5, 0.6) is 0 Å². The summed E-state index contributed by atoms with van der Waals surface area (Å²) >= 11 is 0. The second kappa shape index (κ2) is 10.1. The normalized spacial score (nSPS) is 13.4. The Hall–Kier alpha value is -2.86. The Labute approximate surface area is 168 Å². The summed E-state index contributed by atoms with van der Waals surface area (Å²) in [5.74, 6) is -2.41. The average Bonchev–Trinajstić information content (AvgIpc) is 2.63. The number of Topliss-reactive ketones (excluding diaryl/α,β-unsaturated/α-hetero) is 1. The van der Waals surface area contributed by atoms with Gasteiger partial charge in [0.15, 0.2) is 0 Å². The first-order valence-corrected chi connectivity index (χ1v) is 10.0. The number of nitrogens with one attached hydrogen (secondary N) is 2. The second-order valence-electron chi connectivity index (χ2n) is 6.58. The van der Waals surface area contributed by atoms with E-state index in [1.165, 1.54) is 6.92 Å². The molecular formula is C17H23N3O8S. The molecule has 11 nitrogen and oxygen atoms in total. The number of rotatable bonds is 10. The fraction of sp³-hybridized carbons (Fsp3) is 0.471. The third-order valence-electron chi connectivity index (χ3n) is 3.88. The van der Waals surface area contributed by atoms with Gasteiger partial charge < -0.3 is 10.1 Å². The van der Waals surface area contributed by atoms with Crippen LogP contribution in [0.3, 0.4) is 0 Å². The third-order valence-corrected chi connectivity index (χ3v) is 5.37. The molecule has 29 heavy (non-hydrogen) atoms. The summed E-state index contributed by atoms with van der Waals surface area (Å²) in [7, 11) is -3.13. The Morgan fingerprint density at radius 2 is 1.72 bits per heavy atom. The molecule has 0 radical (unpaired) electrons. The first kappa shape index (κ1) is 24.2. The molecule has 0 bridgehead atoms. The Morgan fingerprint density at radius 1 is 1.17 bits per heavy atom. The minimum atomic E-state index is -4.28. The lowest BCUT2D eigenvalue weighted by Gasteiger charge is -2.23. The largest absolute Gasteiger partial charge is 0.467 e. The molecule has 0 saturated carbocycles. The van der Waals surface area contributed by atoms with E-state index >= 15 is 0 Å². The van der Waals surface area contributed by atoms with Crippen molar-refractivity contribution in [2.24, 2.45) is 5.92 Å². The van der Waals surface area contributed by atoms with Crippen LogP contribution in [0.2, 0.25) is 0 Å². The molecule has 1 aromatic carbocycles. The van der Waals surface area contributed by atoms with Crippen molar-refractivity contribution in [1.29, 1.82) is 0 Å². The third kappa shape index (κ3) is 6.91. The van der Waals surface area contributed by atoms with Gasteiger partial charge in [-0.05, 0) is 25.0 Å². The Kier molecular flexibility index (Phi) is 8.40. The minimum Gasteiger partial charge on any atom is -0.467 e. The monoisotopic (exact) mass is 429 g/mol. The van der Waals surface area contributed by atoms with Gasteiger partial charge in [0.25, 0.3) is 5.69 Å². The van der Waals surface area contributed by atoms with Crippen molar-refractivity contribution in [3.63, 3.8) is 0 Å². The molecule has 160 valence electrons. The molecular weight excluding hydrogens is 406 g/mol. The van der Waals surface area contributed by atoms with E-state index in [9.17, 15) is 32.9 Å². The standard InChI is InChI=1S/C17H23N3O8S/c1-10(2)15(17(23)28-4)18-16(22)14(9-11(3)21)19-29(26,27)13-7-5-12(6-8-13)20(24)25/h5-8,10,14-15,19H,9H2,1-4H3,(H,18,22)/t14-,15-/m0/s1.